The van der Waals surface area contributed by atoms with E-state index in [1.54, 1.807) is 0 Å². The quantitative estimate of drug-likeness (QED) is 0.838. The van der Waals surface area contributed by atoms with Crippen LogP contribution < -0.4 is 5.32 Å². The monoisotopic (exact) mass is 262 g/mol. The Labute approximate surface area is 114 Å². The minimum absolute atomic E-state index is 0.278. The summed E-state index contributed by atoms with van der Waals surface area (Å²) in [4.78, 5) is 13.9. The topological polar surface area (TPSA) is 41.6 Å². The first kappa shape index (κ1) is 14.0. The SMILES string of the molecule is CCC1CNCCN1Cc1ccc(C(=O)OC)cc1. The second-order valence-electron chi connectivity index (χ2n) is 4.93. The molecule has 1 unspecified atom stereocenters. The van der Waals surface area contributed by atoms with Crippen molar-refractivity contribution in [1.82, 2.24) is 10.2 Å². The van der Waals surface area contributed by atoms with Crippen LogP contribution in [-0.4, -0.2) is 43.7 Å². The van der Waals surface area contributed by atoms with Crippen molar-refractivity contribution < 1.29 is 9.53 Å². The van der Waals surface area contributed by atoms with Gasteiger partial charge in [0.2, 0.25) is 0 Å². The molecule has 0 amide bonds. The summed E-state index contributed by atoms with van der Waals surface area (Å²) in [6.07, 6.45) is 1.16. The molecule has 1 aromatic rings. The van der Waals surface area contributed by atoms with Crippen molar-refractivity contribution in [1.29, 1.82) is 0 Å². The van der Waals surface area contributed by atoms with Gasteiger partial charge in [-0.25, -0.2) is 4.79 Å². The van der Waals surface area contributed by atoms with Crippen molar-refractivity contribution in [2.75, 3.05) is 26.7 Å². The van der Waals surface area contributed by atoms with Crippen LogP contribution in [0.4, 0.5) is 0 Å². The number of nitrogens with one attached hydrogen (secondary N) is 1. The van der Waals surface area contributed by atoms with E-state index in [1.807, 2.05) is 24.3 Å². The number of ether oxygens (including phenoxy) is 1. The molecule has 1 heterocycles. The Morgan fingerprint density at radius 1 is 1.42 bits per heavy atom. The molecule has 1 aliphatic heterocycles. The molecule has 104 valence electrons. The van der Waals surface area contributed by atoms with E-state index in [0.29, 0.717) is 11.6 Å². The lowest BCUT2D eigenvalue weighted by Gasteiger charge is -2.35. The Kier molecular flexibility index (Phi) is 4.93. The molecule has 4 nitrogen and oxygen atoms in total. The molecule has 1 aliphatic rings. The summed E-state index contributed by atoms with van der Waals surface area (Å²) in [6.45, 7) is 6.37. The molecule has 0 saturated carbocycles. The van der Waals surface area contributed by atoms with Gasteiger partial charge in [0.1, 0.15) is 0 Å². The molecule has 1 aromatic carbocycles. The standard InChI is InChI=1S/C15H22N2O2/c1-3-14-10-16-8-9-17(14)11-12-4-6-13(7-5-12)15(18)19-2/h4-7,14,16H,3,8-11H2,1-2H3. The zero-order chi connectivity index (χ0) is 13.7. The van der Waals surface area contributed by atoms with Gasteiger partial charge in [-0.1, -0.05) is 19.1 Å². The minimum atomic E-state index is -0.278. The lowest BCUT2D eigenvalue weighted by Crippen LogP contribution is -2.50. The first-order valence-corrected chi connectivity index (χ1v) is 6.86. The number of piperazine rings is 1. The van der Waals surface area contributed by atoms with E-state index in [0.717, 1.165) is 32.6 Å². The van der Waals surface area contributed by atoms with Gasteiger partial charge < -0.3 is 10.1 Å². The largest absolute Gasteiger partial charge is 0.465 e. The second kappa shape index (κ2) is 6.68. The molecule has 1 N–H and O–H groups in total. The number of esters is 1. The second-order valence-corrected chi connectivity index (χ2v) is 4.93. The van der Waals surface area contributed by atoms with E-state index >= 15 is 0 Å². The summed E-state index contributed by atoms with van der Waals surface area (Å²) in [7, 11) is 1.41. The maximum atomic E-state index is 11.4. The molecule has 1 fully saturated rings. The number of nitrogens with zero attached hydrogens (tertiary/aromatic N) is 1. The van der Waals surface area contributed by atoms with Crippen molar-refractivity contribution >= 4 is 5.97 Å². The summed E-state index contributed by atoms with van der Waals surface area (Å²) in [5, 5.41) is 3.43. The van der Waals surface area contributed by atoms with E-state index in [9.17, 15) is 4.79 Å². The first-order valence-electron chi connectivity index (χ1n) is 6.86. The molecule has 0 bridgehead atoms. The van der Waals surface area contributed by atoms with Gasteiger partial charge in [0, 0.05) is 32.2 Å². The molecule has 0 radical (unpaired) electrons. The summed E-state index contributed by atoms with van der Waals surface area (Å²) < 4.78 is 4.70. The van der Waals surface area contributed by atoms with E-state index < -0.39 is 0 Å². The van der Waals surface area contributed by atoms with Crippen LogP contribution in [0.25, 0.3) is 0 Å². The van der Waals surface area contributed by atoms with Crippen LogP contribution in [0.2, 0.25) is 0 Å². The molecular formula is C15H22N2O2. The normalized spacial score (nSPS) is 20.2. The lowest BCUT2D eigenvalue weighted by molar-refractivity contribution is 0.0600. The first-order chi connectivity index (χ1) is 9.24. The summed E-state index contributed by atoms with van der Waals surface area (Å²) in [5.41, 5.74) is 1.85. The molecule has 1 atom stereocenters. The van der Waals surface area contributed by atoms with Gasteiger partial charge in [-0.15, -0.1) is 0 Å². The molecular weight excluding hydrogens is 240 g/mol. The van der Waals surface area contributed by atoms with Crippen LogP contribution in [0.1, 0.15) is 29.3 Å². The van der Waals surface area contributed by atoms with Gasteiger partial charge in [0.25, 0.3) is 0 Å². The predicted octanol–water partition coefficient (Wildman–Crippen LogP) is 1.66. The van der Waals surface area contributed by atoms with Crippen molar-refractivity contribution in [3.8, 4) is 0 Å². The number of hydrogen-bond donors (Lipinski definition) is 1. The summed E-state index contributed by atoms with van der Waals surface area (Å²) >= 11 is 0. The third kappa shape index (κ3) is 3.55. The van der Waals surface area contributed by atoms with E-state index in [-0.39, 0.29) is 5.97 Å². The average molecular weight is 262 g/mol. The fourth-order valence-corrected chi connectivity index (χ4v) is 2.51. The number of carbonyl (C=O) groups is 1. The third-order valence-electron chi connectivity index (χ3n) is 3.70. The Morgan fingerprint density at radius 3 is 2.79 bits per heavy atom. The van der Waals surface area contributed by atoms with Gasteiger partial charge >= 0.3 is 5.97 Å². The summed E-state index contributed by atoms with van der Waals surface area (Å²) in [6, 6.07) is 8.31. The van der Waals surface area contributed by atoms with Gasteiger partial charge in [-0.3, -0.25) is 4.90 Å². The molecule has 0 aliphatic carbocycles. The fraction of sp³-hybridized carbons (Fsp3) is 0.533. The number of rotatable bonds is 4. The number of carbonyl (C=O) groups excluding carboxylic acids is 1. The lowest BCUT2D eigenvalue weighted by atomic mass is 10.1. The maximum Gasteiger partial charge on any atom is 0.337 e. The van der Waals surface area contributed by atoms with Crippen molar-refractivity contribution in [2.24, 2.45) is 0 Å². The number of methoxy groups -OCH3 is 1. The Hall–Kier alpha value is -1.39. The average Bonchev–Trinajstić information content (AvgIpc) is 2.48. The maximum absolute atomic E-state index is 11.4. The van der Waals surface area contributed by atoms with Crippen molar-refractivity contribution in [3.63, 3.8) is 0 Å². The van der Waals surface area contributed by atoms with E-state index in [1.165, 1.54) is 12.7 Å². The Bertz CT molecular complexity index is 417. The highest BCUT2D eigenvalue weighted by atomic mass is 16.5. The highest BCUT2D eigenvalue weighted by Gasteiger charge is 2.20. The molecule has 2 rings (SSSR count). The highest BCUT2D eigenvalue weighted by Crippen LogP contribution is 2.13. The molecule has 0 spiro atoms. The fourth-order valence-electron chi connectivity index (χ4n) is 2.51. The van der Waals surface area contributed by atoms with Crippen LogP contribution >= 0.6 is 0 Å². The molecule has 0 aromatic heterocycles. The molecule has 19 heavy (non-hydrogen) atoms. The third-order valence-corrected chi connectivity index (χ3v) is 3.70. The van der Waals surface area contributed by atoms with Crippen molar-refractivity contribution in [3.05, 3.63) is 35.4 Å². The van der Waals surface area contributed by atoms with E-state index in [2.05, 4.69) is 17.1 Å². The summed E-state index contributed by atoms with van der Waals surface area (Å²) in [5.74, 6) is -0.278. The Balaban J connectivity index is 2.00. The van der Waals surface area contributed by atoms with Crippen LogP contribution in [0.15, 0.2) is 24.3 Å². The van der Waals surface area contributed by atoms with Crippen LogP contribution in [0.5, 0.6) is 0 Å². The van der Waals surface area contributed by atoms with Crippen LogP contribution in [-0.2, 0) is 11.3 Å². The van der Waals surface area contributed by atoms with Gasteiger partial charge in [-0.2, -0.15) is 0 Å². The van der Waals surface area contributed by atoms with Gasteiger partial charge in [0.05, 0.1) is 12.7 Å². The van der Waals surface area contributed by atoms with E-state index in [4.69, 9.17) is 4.74 Å². The zero-order valence-electron chi connectivity index (χ0n) is 11.7. The van der Waals surface area contributed by atoms with Crippen LogP contribution in [0, 0.1) is 0 Å². The number of benzene rings is 1. The molecule has 4 heteroatoms. The minimum Gasteiger partial charge on any atom is -0.465 e. The predicted molar refractivity (Wildman–Crippen MR) is 75.1 cm³/mol. The van der Waals surface area contributed by atoms with Crippen molar-refractivity contribution in [2.45, 2.75) is 25.9 Å². The van der Waals surface area contributed by atoms with Crippen LogP contribution in [0.3, 0.4) is 0 Å². The van der Waals surface area contributed by atoms with Gasteiger partial charge in [0.15, 0.2) is 0 Å². The Morgan fingerprint density at radius 2 is 2.16 bits per heavy atom. The van der Waals surface area contributed by atoms with Gasteiger partial charge in [-0.05, 0) is 24.1 Å². The molecule has 1 saturated heterocycles. The highest BCUT2D eigenvalue weighted by molar-refractivity contribution is 5.89. The zero-order valence-corrected chi connectivity index (χ0v) is 11.7. The smallest absolute Gasteiger partial charge is 0.337 e. The number of hydrogen-bond acceptors (Lipinski definition) is 4.